The molecule has 12 heteroatoms. The first kappa shape index (κ1) is 25.9. The Kier molecular flexibility index (Phi) is 7.85. The minimum absolute atomic E-state index is 0.0917. The summed E-state index contributed by atoms with van der Waals surface area (Å²) in [5.74, 6) is 0.291. The van der Waals surface area contributed by atoms with Crippen molar-refractivity contribution in [3.8, 4) is 17.2 Å². The normalized spacial score (nSPS) is 14.0. The van der Waals surface area contributed by atoms with Gasteiger partial charge in [-0.2, -0.15) is 18.2 Å². The Bertz CT molecular complexity index is 1270. The lowest BCUT2D eigenvalue weighted by atomic mass is 10.1. The molecule has 3 N–H and O–H groups in total. The number of halogens is 3. The molecule has 0 aliphatic carbocycles. The van der Waals surface area contributed by atoms with E-state index in [-0.39, 0.29) is 17.2 Å². The number of methoxy groups -OCH3 is 1. The Labute approximate surface area is 211 Å². The average Bonchev–Trinajstić information content (AvgIpc) is 2.87. The van der Waals surface area contributed by atoms with Gasteiger partial charge in [-0.05, 0) is 49.6 Å². The second-order valence-electron chi connectivity index (χ2n) is 8.11. The Morgan fingerprint density at radius 1 is 1.05 bits per heavy atom. The van der Waals surface area contributed by atoms with Crippen LogP contribution in [0.2, 0.25) is 0 Å². The smallest absolute Gasteiger partial charge is 0.421 e. The number of fused-ring (bicyclic) bond motifs is 8. The fourth-order valence-electron chi connectivity index (χ4n) is 3.67. The van der Waals surface area contributed by atoms with Gasteiger partial charge in [-0.25, -0.2) is 4.98 Å². The Hall–Kier alpha value is -4.22. The van der Waals surface area contributed by atoms with E-state index in [2.05, 4.69) is 25.9 Å². The Balaban J connectivity index is 1.78. The van der Waals surface area contributed by atoms with Gasteiger partial charge in [-0.15, -0.1) is 0 Å². The van der Waals surface area contributed by atoms with E-state index in [4.69, 9.17) is 14.2 Å². The van der Waals surface area contributed by atoms with Crippen molar-refractivity contribution < 1.29 is 32.2 Å². The highest BCUT2D eigenvalue weighted by Crippen LogP contribution is 2.37. The van der Waals surface area contributed by atoms with Gasteiger partial charge in [-0.3, -0.25) is 4.79 Å². The predicted octanol–water partition coefficient (Wildman–Crippen LogP) is 5.29. The molecule has 3 aromatic rings. The second-order valence-corrected chi connectivity index (χ2v) is 8.11. The van der Waals surface area contributed by atoms with E-state index in [0.29, 0.717) is 42.3 Å². The van der Waals surface area contributed by atoms with Crippen molar-refractivity contribution in [1.82, 2.24) is 15.3 Å². The Morgan fingerprint density at radius 3 is 2.57 bits per heavy atom. The van der Waals surface area contributed by atoms with E-state index in [1.54, 1.807) is 24.3 Å². The number of carbonyl (C=O) groups is 1. The Morgan fingerprint density at radius 2 is 1.84 bits per heavy atom. The zero-order valence-corrected chi connectivity index (χ0v) is 20.2. The van der Waals surface area contributed by atoms with Gasteiger partial charge in [0.25, 0.3) is 5.91 Å². The number of carbonyl (C=O) groups excluding carboxylic acids is 1. The molecule has 2 aromatic carbocycles. The number of nitrogens with one attached hydrogen (secondary N) is 3. The maximum Gasteiger partial charge on any atom is 0.421 e. The lowest BCUT2D eigenvalue weighted by molar-refractivity contribution is -0.137. The molecule has 196 valence electrons. The molecule has 2 aliphatic heterocycles. The van der Waals surface area contributed by atoms with Crippen LogP contribution in [0.15, 0.2) is 42.6 Å². The summed E-state index contributed by atoms with van der Waals surface area (Å²) in [6.45, 7) is 0.830. The van der Waals surface area contributed by atoms with Crippen molar-refractivity contribution in [2.45, 2.75) is 25.4 Å². The van der Waals surface area contributed by atoms with Crippen LogP contribution in [0.5, 0.6) is 17.2 Å². The van der Waals surface area contributed by atoms with Crippen molar-refractivity contribution in [2.75, 3.05) is 38.0 Å². The molecule has 0 saturated carbocycles. The largest absolute Gasteiger partial charge is 0.494 e. The summed E-state index contributed by atoms with van der Waals surface area (Å²) < 4.78 is 58.4. The molecule has 0 unspecified atom stereocenters. The molecule has 1 amide bonds. The topological polar surface area (TPSA) is 107 Å². The van der Waals surface area contributed by atoms with Gasteiger partial charge in [0.15, 0.2) is 11.5 Å². The maximum atomic E-state index is 13.8. The summed E-state index contributed by atoms with van der Waals surface area (Å²) in [6.07, 6.45) is -1.72. The van der Waals surface area contributed by atoms with Gasteiger partial charge in [0.05, 0.1) is 31.6 Å². The highest BCUT2D eigenvalue weighted by Gasteiger charge is 2.35. The highest BCUT2D eigenvalue weighted by molar-refractivity contribution is 6.00. The molecule has 37 heavy (non-hydrogen) atoms. The van der Waals surface area contributed by atoms with Gasteiger partial charge in [0.2, 0.25) is 5.95 Å². The minimum atomic E-state index is -4.74. The van der Waals surface area contributed by atoms with E-state index >= 15 is 0 Å². The first-order valence-electron chi connectivity index (χ1n) is 11.6. The molecule has 0 fully saturated rings. The van der Waals surface area contributed by atoms with Crippen molar-refractivity contribution in [2.24, 2.45) is 0 Å². The third-order valence-electron chi connectivity index (χ3n) is 5.54. The number of benzene rings is 2. The third kappa shape index (κ3) is 6.32. The number of aromatic nitrogens is 2. The molecule has 1 aromatic heterocycles. The van der Waals surface area contributed by atoms with Crippen LogP contribution in [0.4, 0.5) is 36.3 Å². The number of nitrogens with zero attached hydrogens (tertiary/aromatic N) is 2. The van der Waals surface area contributed by atoms with Crippen LogP contribution < -0.4 is 30.2 Å². The molecule has 6 bridgehead atoms. The summed E-state index contributed by atoms with van der Waals surface area (Å²) in [7, 11) is 2.95. The van der Waals surface area contributed by atoms with Gasteiger partial charge in [0.1, 0.15) is 17.1 Å². The number of hydrogen-bond donors (Lipinski definition) is 3. The number of amides is 1. The van der Waals surface area contributed by atoms with Crippen LogP contribution in [0.25, 0.3) is 0 Å². The SMILES string of the molecule is CNC(=O)c1cc2ccc1Nc1nc(ncc1C(F)(F)F)Nc1ccc(OC)c(c1)OCCCCCO2. The molecule has 9 nitrogen and oxygen atoms in total. The van der Waals surface area contributed by atoms with E-state index in [9.17, 15) is 18.0 Å². The maximum absolute atomic E-state index is 13.8. The quantitative estimate of drug-likeness (QED) is 0.421. The molecule has 0 atom stereocenters. The second kappa shape index (κ2) is 11.2. The summed E-state index contributed by atoms with van der Waals surface area (Å²) in [4.78, 5) is 20.5. The van der Waals surface area contributed by atoms with Crippen LogP contribution in [-0.2, 0) is 6.18 Å². The van der Waals surface area contributed by atoms with E-state index < -0.39 is 23.5 Å². The zero-order chi connectivity index (χ0) is 26.4. The fraction of sp³-hybridized carbons (Fsp3) is 0.320. The third-order valence-corrected chi connectivity index (χ3v) is 5.54. The number of ether oxygens (including phenoxy) is 3. The van der Waals surface area contributed by atoms with Crippen molar-refractivity contribution in [1.29, 1.82) is 0 Å². The molecular weight excluding hydrogens is 491 g/mol. The van der Waals surface area contributed by atoms with Crippen molar-refractivity contribution in [3.05, 3.63) is 53.7 Å². The number of rotatable bonds is 2. The van der Waals surface area contributed by atoms with Gasteiger partial charge >= 0.3 is 6.18 Å². The summed E-state index contributed by atoms with van der Waals surface area (Å²) in [5.41, 5.74) is -0.374. The lowest BCUT2D eigenvalue weighted by Crippen LogP contribution is -2.20. The van der Waals surface area contributed by atoms with Crippen LogP contribution >= 0.6 is 0 Å². The summed E-state index contributed by atoms with van der Waals surface area (Å²) in [5, 5.41) is 8.06. The number of hydrogen-bond acceptors (Lipinski definition) is 8. The van der Waals surface area contributed by atoms with Crippen LogP contribution in [0, 0.1) is 0 Å². The van der Waals surface area contributed by atoms with Crippen LogP contribution in [0.3, 0.4) is 0 Å². The number of alkyl halides is 3. The summed E-state index contributed by atoms with van der Waals surface area (Å²) in [6, 6.07) is 9.54. The molecule has 0 saturated heterocycles. The molecule has 0 radical (unpaired) electrons. The molecule has 3 heterocycles. The first-order valence-corrected chi connectivity index (χ1v) is 11.6. The van der Waals surface area contributed by atoms with Crippen molar-refractivity contribution >= 4 is 29.0 Å². The van der Waals surface area contributed by atoms with Crippen LogP contribution in [0.1, 0.15) is 35.2 Å². The van der Waals surface area contributed by atoms with Crippen LogP contribution in [-0.4, -0.2) is 43.2 Å². The van der Waals surface area contributed by atoms with Crippen molar-refractivity contribution in [3.63, 3.8) is 0 Å². The van der Waals surface area contributed by atoms with Gasteiger partial charge in [-0.1, -0.05) is 0 Å². The van der Waals surface area contributed by atoms with Gasteiger partial charge < -0.3 is 30.2 Å². The van der Waals surface area contributed by atoms with E-state index in [1.807, 2.05) is 0 Å². The van der Waals surface area contributed by atoms with Gasteiger partial charge in [0, 0.05) is 25.0 Å². The van der Waals surface area contributed by atoms with E-state index in [0.717, 1.165) is 19.3 Å². The predicted molar refractivity (Wildman–Crippen MR) is 131 cm³/mol. The molecule has 2 aliphatic rings. The lowest BCUT2D eigenvalue weighted by Gasteiger charge is -2.17. The molecular formula is C25H26F3N5O4. The highest BCUT2D eigenvalue weighted by atomic mass is 19.4. The first-order chi connectivity index (χ1) is 17.8. The molecule has 0 spiro atoms. The fourth-order valence-corrected chi connectivity index (χ4v) is 3.67. The summed E-state index contributed by atoms with van der Waals surface area (Å²) >= 11 is 0. The average molecular weight is 518 g/mol. The standard InChI is InChI=1S/C25H26F3N5O4/c1-29-23(34)17-13-16-7-8-19(17)32-22-18(25(26,27)28)14-30-24(33-22)31-15-6-9-20(35-2)21(12-15)37-11-5-3-4-10-36-16/h6-9,12-14H,3-5,10-11H2,1-2H3,(H,29,34)(H2,30,31,32,33). The monoisotopic (exact) mass is 517 g/mol. The molecule has 5 rings (SSSR count). The number of anilines is 4. The minimum Gasteiger partial charge on any atom is -0.494 e. The zero-order valence-electron chi connectivity index (χ0n) is 20.2. The van der Waals surface area contributed by atoms with E-state index in [1.165, 1.54) is 26.3 Å².